The maximum Gasteiger partial charge on any atom is 0.273 e. The van der Waals surface area contributed by atoms with E-state index in [0.29, 0.717) is 17.1 Å². The van der Waals surface area contributed by atoms with Crippen LogP contribution in [0.2, 0.25) is 0 Å². The van der Waals surface area contributed by atoms with Crippen molar-refractivity contribution < 1.29 is 14.3 Å². The van der Waals surface area contributed by atoms with E-state index in [1.165, 1.54) is 7.11 Å². The van der Waals surface area contributed by atoms with Gasteiger partial charge in [-0.2, -0.15) is 0 Å². The zero-order valence-electron chi connectivity index (χ0n) is 12.3. The van der Waals surface area contributed by atoms with E-state index < -0.39 is 0 Å². The Labute approximate surface area is 124 Å². The molecule has 2 aromatic rings. The molecule has 5 heteroatoms. The Hall–Kier alpha value is -2.69. The largest absolute Gasteiger partial charge is 0.497 e. The molecule has 21 heavy (non-hydrogen) atoms. The first-order chi connectivity index (χ1) is 10.2. The summed E-state index contributed by atoms with van der Waals surface area (Å²) in [5.41, 5.74) is 4.10. The lowest BCUT2D eigenvalue weighted by Gasteiger charge is -2.21. The Morgan fingerprint density at radius 3 is 2.38 bits per heavy atom. The number of anilines is 1. The fourth-order valence-electron chi connectivity index (χ4n) is 1.92. The highest BCUT2D eigenvalue weighted by Gasteiger charge is 2.15. The summed E-state index contributed by atoms with van der Waals surface area (Å²) in [6.07, 6.45) is 0. The molecule has 1 N–H and O–H groups in total. The molecule has 0 saturated heterocycles. The molecule has 1 amide bonds. The first-order valence-corrected chi connectivity index (χ1v) is 6.47. The Morgan fingerprint density at radius 1 is 1.05 bits per heavy atom. The molecule has 0 atom stereocenters. The van der Waals surface area contributed by atoms with E-state index in [9.17, 15) is 4.79 Å². The van der Waals surface area contributed by atoms with Gasteiger partial charge in [0.15, 0.2) is 0 Å². The van der Waals surface area contributed by atoms with Gasteiger partial charge in [0.05, 0.1) is 25.5 Å². The Bertz CT molecular complexity index is 614. The van der Waals surface area contributed by atoms with E-state index in [0.717, 1.165) is 5.69 Å². The van der Waals surface area contributed by atoms with Gasteiger partial charge in [-0.05, 0) is 30.3 Å². The summed E-state index contributed by atoms with van der Waals surface area (Å²) in [6.45, 7) is 0. The molecule has 0 spiro atoms. The van der Waals surface area contributed by atoms with Crippen LogP contribution in [0.3, 0.4) is 0 Å². The second kappa shape index (κ2) is 6.65. The molecule has 0 fully saturated rings. The first kappa shape index (κ1) is 14.7. The molecule has 2 rings (SSSR count). The van der Waals surface area contributed by atoms with Crippen molar-refractivity contribution in [2.24, 2.45) is 0 Å². The molecule has 0 aromatic heterocycles. The normalized spacial score (nSPS) is 9.86. The lowest BCUT2D eigenvalue weighted by molar-refractivity contribution is 0.0948. The smallest absolute Gasteiger partial charge is 0.273 e. The van der Waals surface area contributed by atoms with Gasteiger partial charge in [-0.3, -0.25) is 15.2 Å². The molecule has 5 nitrogen and oxygen atoms in total. The molecule has 0 unspecified atom stereocenters. The maximum absolute atomic E-state index is 12.4. The zero-order valence-corrected chi connectivity index (χ0v) is 12.3. The number of carbonyl (C=O) groups is 1. The van der Waals surface area contributed by atoms with Crippen LogP contribution < -0.4 is 19.9 Å². The lowest BCUT2D eigenvalue weighted by Crippen LogP contribution is -2.39. The summed E-state index contributed by atoms with van der Waals surface area (Å²) in [5.74, 6) is 0.829. The van der Waals surface area contributed by atoms with Crippen LogP contribution in [0.4, 0.5) is 5.69 Å². The third-order valence-electron chi connectivity index (χ3n) is 3.06. The van der Waals surface area contributed by atoms with Crippen molar-refractivity contribution in [2.45, 2.75) is 0 Å². The minimum Gasteiger partial charge on any atom is -0.497 e. The van der Waals surface area contributed by atoms with E-state index >= 15 is 0 Å². The quantitative estimate of drug-likeness (QED) is 0.858. The van der Waals surface area contributed by atoms with E-state index in [4.69, 9.17) is 9.47 Å². The molecule has 110 valence electrons. The second-order valence-electron chi connectivity index (χ2n) is 4.40. The van der Waals surface area contributed by atoms with Gasteiger partial charge < -0.3 is 9.47 Å². The van der Waals surface area contributed by atoms with Crippen LogP contribution in [-0.4, -0.2) is 27.2 Å². The second-order valence-corrected chi connectivity index (χ2v) is 4.40. The molecule has 0 bridgehead atoms. The van der Waals surface area contributed by atoms with Gasteiger partial charge in [0.25, 0.3) is 5.91 Å². The van der Waals surface area contributed by atoms with Gasteiger partial charge in [0.2, 0.25) is 0 Å². The topological polar surface area (TPSA) is 50.8 Å². The summed E-state index contributed by atoms with van der Waals surface area (Å²) in [5, 5.41) is 1.65. The summed E-state index contributed by atoms with van der Waals surface area (Å²) >= 11 is 0. The number of hydrogen-bond acceptors (Lipinski definition) is 4. The van der Waals surface area contributed by atoms with Crippen molar-refractivity contribution >= 4 is 11.6 Å². The average Bonchev–Trinajstić information content (AvgIpc) is 2.54. The molecular weight excluding hydrogens is 268 g/mol. The number of para-hydroxylation sites is 1. The van der Waals surface area contributed by atoms with Crippen molar-refractivity contribution in [1.29, 1.82) is 0 Å². The van der Waals surface area contributed by atoms with Crippen LogP contribution in [-0.2, 0) is 0 Å². The zero-order chi connectivity index (χ0) is 15.2. The van der Waals surface area contributed by atoms with Crippen LogP contribution >= 0.6 is 0 Å². The van der Waals surface area contributed by atoms with Crippen molar-refractivity contribution in [3.05, 3.63) is 54.1 Å². The van der Waals surface area contributed by atoms with Crippen LogP contribution in [0.15, 0.2) is 48.5 Å². The molecule has 0 aliphatic rings. The van der Waals surface area contributed by atoms with Gasteiger partial charge in [-0.15, -0.1) is 0 Å². The van der Waals surface area contributed by atoms with Crippen LogP contribution in [0.1, 0.15) is 10.4 Å². The summed E-state index contributed by atoms with van der Waals surface area (Å²) in [7, 11) is 4.86. The van der Waals surface area contributed by atoms with Crippen LogP contribution in [0.5, 0.6) is 11.5 Å². The molecule has 0 saturated carbocycles. The minimum absolute atomic E-state index is 0.267. The van der Waals surface area contributed by atoms with Crippen molar-refractivity contribution in [3.8, 4) is 11.5 Å². The lowest BCUT2D eigenvalue weighted by atomic mass is 10.2. The molecule has 0 aliphatic heterocycles. The monoisotopic (exact) mass is 286 g/mol. The number of nitrogens with one attached hydrogen (secondary N) is 1. The Balaban J connectivity index is 2.20. The van der Waals surface area contributed by atoms with E-state index in [1.54, 1.807) is 37.4 Å². The third-order valence-corrected chi connectivity index (χ3v) is 3.06. The third kappa shape index (κ3) is 3.45. The number of hydrogen-bond donors (Lipinski definition) is 1. The van der Waals surface area contributed by atoms with Gasteiger partial charge in [0.1, 0.15) is 11.5 Å². The van der Waals surface area contributed by atoms with Gasteiger partial charge in [-0.25, -0.2) is 0 Å². The summed E-state index contributed by atoms with van der Waals surface area (Å²) in [4.78, 5) is 12.4. The predicted molar refractivity (Wildman–Crippen MR) is 81.9 cm³/mol. The highest BCUT2D eigenvalue weighted by molar-refractivity contribution is 5.98. The maximum atomic E-state index is 12.4. The van der Waals surface area contributed by atoms with Crippen molar-refractivity contribution in [2.75, 3.05) is 26.3 Å². The average molecular weight is 286 g/mol. The van der Waals surface area contributed by atoms with E-state index in [2.05, 4.69) is 5.43 Å². The number of benzene rings is 2. The Morgan fingerprint density at radius 2 is 1.76 bits per heavy atom. The number of carbonyl (C=O) groups excluding carboxylic acids is 1. The number of nitrogens with zero attached hydrogens (tertiary/aromatic N) is 1. The highest BCUT2D eigenvalue weighted by atomic mass is 16.5. The summed E-state index contributed by atoms with van der Waals surface area (Å²) in [6, 6.07) is 14.6. The van der Waals surface area contributed by atoms with Crippen LogP contribution in [0, 0.1) is 0 Å². The van der Waals surface area contributed by atoms with Gasteiger partial charge in [0, 0.05) is 7.05 Å². The molecule has 0 heterocycles. The number of rotatable bonds is 5. The van der Waals surface area contributed by atoms with E-state index in [-0.39, 0.29) is 5.91 Å². The number of hydrazine groups is 1. The molecule has 0 radical (unpaired) electrons. The number of amides is 1. The fourth-order valence-corrected chi connectivity index (χ4v) is 1.92. The molecular formula is C16H18N2O3. The van der Waals surface area contributed by atoms with E-state index in [1.807, 2.05) is 30.3 Å². The van der Waals surface area contributed by atoms with Crippen molar-refractivity contribution in [1.82, 2.24) is 5.43 Å². The minimum atomic E-state index is -0.267. The first-order valence-electron chi connectivity index (χ1n) is 6.47. The summed E-state index contributed by atoms with van der Waals surface area (Å²) < 4.78 is 10.4. The SMILES string of the molecule is COc1ccc(OC)c(C(=O)NN(C)c2ccccc2)c1. The number of methoxy groups -OCH3 is 2. The standard InChI is InChI=1S/C16H18N2O3/c1-18(12-7-5-4-6-8-12)17-16(19)14-11-13(20-2)9-10-15(14)21-3/h4-11H,1-3H3,(H,17,19). The predicted octanol–water partition coefficient (Wildman–Crippen LogP) is 2.49. The van der Waals surface area contributed by atoms with Gasteiger partial charge in [-0.1, -0.05) is 18.2 Å². The fraction of sp³-hybridized carbons (Fsp3) is 0.188. The van der Waals surface area contributed by atoms with Gasteiger partial charge >= 0.3 is 0 Å². The molecule has 0 aliphatic carbocycles. The number of ether oxygens (including phenoxy) is 2. The van der Waals surface area contributed by atoms with Crippen LogP contribution in [0.25, 0.3) is 0 Å². The van der Waals surface area contributed by atoms with Crippen molar-refractivity contribution in [3.63, 3.8) is 0 Å². The Kier molecular flexibility index (Phi) is 4.66. The molecule has 2 aromatic carbocycles. The highest BCUT2D eigenvalue weighted by Crippen LogP contribution is 2.24.